The number of rotatable bonds is 5. The number of carbonyl (C=O) groups excluding carboxylic acids is 1. The van der Waals surface area contributed by atoms with Crippen molar-refractivity contribution in [1.29, 1.82) is 0 Å². The summed E-state index contributed by atoms with van der Waals surface area (Å²) >= 11 is 0. The fourth-order valence-electron chi connectivity index (χ4n) is 5.68. The van der Waals surface area contributed by atoms with Gasteiger partial charge >= 0.3 is 0 Å². The number of hydrogen-bond acceptors (Lipinski definition) is 3. The van der Waals surface area contributed by atoms with Gasteiger partial charge < -0.3 is 10.6 Å². The summed E-state index contributed by atoms with van der Waals surface area (Å²) in [5.74, 6) is 2.83. The van der Waals surface area contributed by atoms with Gasteiger partial charge in [-0.1, -0.05) is 0 Å². The lowest BCUT2D eigenvalue weighted by Crippen LogP contribution is -2.58. The van der Waals surface area contributed by atoms with Gasteiger partial charge in [-0.05, 0) is 86.9 Å². The highest BCUT2D eigenvalue weighted by molar-refractivity contribution is 5.92. The average molecular weight is 313 g/mol. The second kappa shape index (κ2) is 5.90. The van der Waals surface area contributed by atoms with Crippen molar-refractivity contribution in [3.63, 3.8) is 0 Å². The standard InChI is InChI=1S/C19H27N3O/c1-20-18(23)17-9-13(2-4-21-17)3-5-22-19-10-14-6-15(11-19)8-16(7-14)12-19/h2,4,9,14-16,22H,3,5-8,10-12H2,1H3,(H,20,23). The molecule has 4 saturated carbocycles. The Morgan fingerprint density at radius 1 is 1.22 bits per heavy atom. The third-order valence-electron chi connectivity index (χ3n) is 6.24. The highest BCUT2D eigenvalue weighted by Gasteiger charge is 2.50. The minimum Gasteiger partial charge on any atom is -0.354 e. The maximum Gasteiger partial charge on any atom is 0.269 e. The summed E-state index contributed by atoms with van der Waals surface area (Å²) in [5, 5.41) is 6.55. The van der Waals surface area contributed by atoms with Crippen LogP contribution in [0.25, 0.3) is 0 Å². The van der Waals surface area contributed by atoms with E-state index in [1.54, 1.807) is 13.2 Å². The quantitative estimate of drug-likeness (QED) is 0.878. The third kappa shape index (κ3) is 3.01. The molecule has 4 fully saturated rings. The predicted octanol–water partition coefficient (Wildman–Crippen LogP) is 2.54. The molecule has 5 rings (SSSR count). The normalized spacial score (nSPS) is 34.6. The molecule has 23 heavy (non-hydrogen) atoms. The van der Waals surface area contributed by atoms with Gasteiger partial charge in [0.2, 0.25) is 0 Å². The van der Waals surface area contributed by atoms with E-state index in [0.717, 1.165) is 30.7 Å². The van der Waals surface area contributed by atoms with Crippen molar-refractivity contribution in [3.05, 3.63) is 29.6 Å². The number of pyridine rings is 1. The number of amides is 1. The van der Waals surface area contributed by atoms with Crippen molar-refractivity contribution >= 4 is 5.91 Å². The molecule has 1 amide bonds. The van der Waals surface area contributed by atoms with Crippen LogP contribution in [0, 0.1) is 17.8 Å². The van der Waals surface area contributed by atoms with Crippen LogP contribution in [0.2, 0.25) is 0 Å². The molecule has 1 aromatic rings. The van der Waals surface area contributed by atoms with Gasteiger partial charge in [0.05, 0.1) is 0 Å². The van der Waals surface area contributed by atoms with Gasteiger partial charge in [0, 0.05) is 18.8 Å². The molecule has 0 spiro atoms. The van der Waals surface area contributed by atoms with E-state index in [-0.39, 0.29) is 5.91 Å². The van der Waals surface area contributed by atoms with Gasteiger partial charge in [0.15, 0.2) is 0 Å². The molecule has 0 aromatic carbocycles. The summed E-state index contributed by atoms with van der Waals surface area (Å²) in [5.41, 5.74) is 2.13. The van der Waals surface area contributed by atoms with Crippen molar-refractivity contribution in [2.45, 2.75) is 50.5 Å². The summed E-state index contributed by atoms with van der Waals surface area (Å²) in [6.07, 6.45) is 11.3. The highest BCUT2D eigenvalue weighted by atomic mass is 16.1. The number of hydrogen-bond donors (Lipinski definition) is 2. The van der Waals surface area contributed by atoms with Crippen LogP contribution in [0.4, 0.5) is 0 Å². The molecule has 4 aliphatic rings. The maximum atomic E-state index is 11.7. The molecule has 0 radical (unpaired) electrons. The SMILES string of the molecule is CNC(=O)c1cc(CCNC23CC4CC(CC(C4)C2)C3)ccn1. The molecule has 2 N–H and O–H groups in total. The first-order valence-electron chi connectivity index (χ1n) is 9.08. The largest absolute Gasteiger partial charge is 0.354 e. The van der Waals surface area contributed by atoms with Crippen molar-refractivity contribution in [2.75, 3.05) is 13.6 Å². The monoisotopic (exact) mass is 313 g/mol. The molecule has 0 aliphatic heterocycles. The van der Waals surface area contributed by atoms with E-state index in [0.29, 0.717) is 11.2 Å². The van der Waals surface area contributed by atoms with Crippen LogP contribution in [-0.4, -0.2) is 30.0 Å². The summed E-state index contributed by atoms with van der Waals surface area (Å²) in [6, 6.07) is 3.94. The van der Waals surface area contributed by atoms with Gasteiger partial charge in [0.1, 0.15) is 5.69 Å². The fourth-order valence-corrected chi connectivity index (χ4v) is 5.68. The molecular weight excluding hydrogens is 286 g/mol. The van der Waals surface area contributed by atoms with Crippen molar-refractivity contribution in [2.24, 2.45) is 17.8 Å². The van der Waals surface area contributed by atoms with E-state index < -0.39 is 0 Å². The van der Waals surface area contributed by atoms with Gasteiger partial charge in [-0.2, -0.15) is 0 Å². The Hall–Kier alpha value is -1.42. The van der Waals surface area contributed by atoms with E-state index in [1.165, 1.54) is 44.1 Å². The van der Waals surface area contributed by atoms with Crippen molar-refractivity contribution in [1.82, 2.24) is 15.6 Å². The highest BCUT2D eigenvalue weighted by Crippen LogP contribution is 2.55. The number of nitrogens with zero attached hydrogens (tertiary/aromatic N) is 1. The van der Waals surface area contributed by atoms with E-state index in [2.05, 4.69) is 15.6 Å². The van der Waals surface area contributed by atoms with Gasteiger partial charge in [0.25, 0.3) is 5.91 Å². The first kappa shape index (κ1) is 15.1. The van der Waals surface area contributed by atoms with Crippen molar-refractivity contribution < 1.29 is 4.79 Å². The average Bonchev–Trinajstić information content (AvgIpc) is 2.53. The van der Waals surface area contributed by atoms with Crippen molar-refractivity contribution in [3.8, 4) is 0 Å². The minimum absolute atomic E-state index is 0.110. The smallest absolute Gasteiger partial charge is 0.269 e. The Bertz CT molecular complexity index is 563. The molecule has 4 aliphatic carbocycles. The topological polar surface area (TPSA) is 54.0 Å². The Kier molecular flexibility index (Phi) is 3.88. The Labute approximate surface area is 138 Å². The van der Waals surface area contributed by atoms with Crippen LogP contribution < -0.4 is 10.6 Å². The van der Waals surface area contributed by atoms with Crippen LogP contribution in [-0.2, 0) is 6.42 Å². The zero-order valence-corrected chi connectivity index (χ0v) is 14.0. The lowest BCUT2D eigenvalue weighted by Gasteiger charge is -2.57. The summed E-state index contributed by atoms with van der Waals surface area (Å²) in [7, 11) is 1.64. The molecule has 1 aromatic heterocycles. The molecular formula is C19H27N3O. The van der Waals surface area contributed by atoms with Crippen LogP contribution >= 0.6 is 0 Å². The van der Waals surface area contributed by atoms with E-state index in [4.69, 9.17) is 0 Å². The molecule has 1 heterocycles. The minimum atomic E-state index is -0.110. The number of aromatic nitrogens is 1. The molecule has 0 unspecified atom stereocenters. The Morgan fingerprint density at radius 3 is 2.48 bits per heavy atom. The number of carbonyl (C=O) groups is 1. The van der Waals surface area contributed by atoms with E-state index >= 15 is 0 Å². The predicted molar refractivity (Wildman–Crippen MR) is 90.2 cm³/mol. The van der Waals surface area contributed by atoms with E-state index in [9.17, 15) is 4.79 Å². The second-order valence-corrected chi connectivity index (χ2v) is 8.00. The first-order chi connectivity index (χ1) is 11.2. The summed E-state index contributed by atoms with van der Waals surface area (Å²) in [6.45, 7) is 1.00. The first-order valence-corrected chi connectivity index (χ1v) is 9.08. The fraction of sp³-hybridized carbons (Fsp3) is 0.684. The molecule has 0 atom stereocenters. The second-order valence-electron chi connectivity index (χ2n) is 8.00. The lowest BCUT2D eigenvalue weighted by molar-refractivity contribution is -0.0192. The van der Waals surface area contributed by atoms with E-state index in [1.807, 2.05) is 12.1 Å². The lowest BCUT2D eigenvalue weighted by atomic mass is 9.53. The van der Waals surface area contributed by atoms with Gasteiger partial charge in [-0.15, -0.1) is 0 Å². The van der Waals surface area contributed by atoms with Crippen LogP contribution in [0.3, 0.4) is 0 Å². The van der Waals surface area contributed by atoms with Crippen LogP contribution in [0.1, 0.15) is 54.6 Å². The van der Waals surface area contributed by atoms with Crippen LogP contribution in [0.15, 0.2) is 18.3 Å². The molecule has 0 saturated heterocycles. The Morgan fingerprint density at radius 2 is 1.87 bits per heavy atom. The van der Waals surface area contributed by atoms with Gasteiger partial charge in [-0.25, -0.2) is 0 Å². The molecule has 124 valence electrons. The zero-order valence-electron chi connectivity index (χ0n) is 14.0. The molecule has 4 nitrogen and oxygen atoms in total. The third-order valence-corrected chi connectivity index (χ3v) is 6.24. The molecule has 4 bridgehead atoms. The maximum absolute atomic E-state index is 11.7. The summed E-state index contributed by atoms with van der Waals surface area (Å²) in [4.78, 5) is 15.8. The summed E-state index contributed by atoms with van der Waals surface area (Å²) < 4.78 is 0. The Balaban J connectivity index is 1.36. The zero-order chi connectivity index (χ0) is 15.9. The molecule has 4 heteroatoms. The van der Waals surface area contributed by atoms with Gasteiger partial charge in [-0.3, -0.25) is 9.78 Å². The number of nitrogens with one attached hydrogen (secondary N) is 2. The van der Waals surface area contributed by atoms with Crippen LogP contribution in [0.5, 0.6) is 0 Å².